The minimum atomic E-state index is -4.94. The highest BCUT2D eigenvalue weighted by Gasteiger charge is 2.30. The Kier molecular flexibility index (Phi) is 57.4. The highest BCUT2D eigenvalue weighted by Crippen LogP contribution is 2.45. The Morgan fingerprint density at radius 3 is 0.810 bits per heavy atom. The Hall–Kier alpha value is -1.94. The molecule has 0 rings (SSSR count). The van der Waals surface area contributed by atoms with Crippen molar-refractivity contribution in [3.63, 3.8) is 0 Å². The molecule has 0 radical (unpaired) electrons. The van der Waals surface area contributed by atoms with Crippen LogP contribution in [0, 0.1) is 5.92 Å². The molecule has 0 amide bonds. The predicted molar refractivity (Wildman–Crippen MR) is 335 cm³/mol. The Labute approximate surface area is 511 Å². The molecular weight excluding hydrogens is 1110 g/mol. The summed E-state index contributed by atoms with van der Waals surface area (Å²) in [5.41, 5.74) is 0. The van der Waals surface area contributed by atoms with Gasteiger partial charge in [0.05, 0.1) is 26.4 Å². The first kappa shape index (κ1) is 82.1. The van der Waals surface area contributed by atoms with Crippen LogP contribution in [0.15, 0.2) is 0 Å². The van der Waals surface area contributed by atoms with E-state index in [2.05, 4.69) is 34.6 Å². The van der Waals surface area contributed by atoms with E-state index in [1.54, 1.807) is 0 Å². The summed E-state index contributed by atoms with van der Waals surface area (Å²) in [6.07, 6.45) is 43.4. The molecule has 0 heterocycles. The van der Waals surface area contributed by atoms with E-state index in [9.17, 15) is 43.2 Å². The Morgan fingerprint density at radius 2 is 0.548 bits per heavy atom. The molecule has 0 fully saturated rings. The summed E-state index contributed by atoms with van der Waals surface area (Å²) in [5, 5.41) is 10.5. The number of esters is 4. The average molecular weight is 1240 g/mol. The van der Waals surface area contributed by atoms with Crippen molar-refractivity contribution in [3.05, 3.63) is 0 Å². The Bertz CT molecular complexity index is 1640. The predicted octanol–water partition coefficient (Wildman–Crippen LogP) is 18.2. The number of hydrogen-bond acceptors (Lipinski definition) is 15. The fraction of sp³-hybridized carbons (Fsp3) is 0.938. The van der Waals surface area contributed by atoms with Gasteiger partial charge in [0.25, 0.3) is 0 Å². The maximum absolute atomic E-state index is 13.0. The van der Waals surface area contributed by atoms with Gasteiger partial charge in [0.15, 0.2) is 12.2 Å². The number of carbonyl (C=O) groups excluding carboxylic acids is 4. The number of phosphoric ester groups is 2. The van der Waals surface area contributed by atoms with Crippen molar-refractivity contribution in [2.75, 3.05) is 39.6 Å². The van der Waals surface area contributed by atoms with Crippen LogP contribution in [0.25, 0.3) is 0 Å². The Morgan fingerprint density at radius 1 is 0.321 bits per heavy atom. The van der Waals surface area contributed by atoms with Crippen LogP contribution in [0.5, 0.6) is 0 Å². The summed E-state index contributed by atoms with van der Waals surface area (Å²) < 4.78 is 67.8. The topological polar surface area (TPSA) is 237 Å². The third-order valence-electron chi connectivity index (χ3n) is 15.0. The van der Waals surface area contributed by atoms with Gasteiger partial charge in [-0.3, -0.25) is 37.3 Å². The zero-order chi connectivity index (χ0) is 62.0. The molecule has 0 aromatic heterocycles. The lowest BCUT2D eigenvalue weighted by molar-refractivity contribution is -0.161. The molecule has 0 bridgehead atoms. The molecule has 498 valence electrons. The van der Waals surface area contributed by atoms with E-state index < -0.39 is 97.5 Å². The van der Waals surface area contributed by atoms with Gasteiger partial charge < -0.3 is 33.8 Å². The van der Waals surface area contributed by atoms with Crippen molar-refractivity contribution in [2.24, 2.45) is 5.92 Å². The van der Waals surface area contributed by atoms with Gasteiger partial charge in [0.2, 0.25) is 0 Å². The maximum Gasteiger partial charge on any atom is 0.472 e. The van der Waals surface area contributed by atoms with Gasteiger partial charge in [-0.1, -0.05) is 279 Å². The van der Waals surface area contributed by atoms with Gasteiger partial charge in [-0.2, -0.15) is 0 Å². The maximum atomic E-state index is 13.0. The summed E-state index contributed by atoms with van der Waals surface area (Å²) >= 11 is 0. The largest absolute Gasteiger partial charge is 0.472 e. The van der Waals surface area contributed by atoms with E-state index in [1.807, 2.05) is 0 Å². The molecule has 0 aliphatic rings. The van der Waals surface area contributed by atoms with Gasteiger partial charge in [-0.25, -0.2) is 9.13 Å². The van der Waals surface area contributed by atoms with Crippen LogP contribution in [-0.4, -0.2) is 96.7 Å². The molecule has 0 aromatic carbocycles. The fourth-order valence-electron chi connectivity index (χ4n) is 9.76. The van der Waals surface area contributed by atoms with E-state index in [0.717, 1.165) is 102 Å². The standard InChI is InChI=1S/C65H126O17P2/c1-6-9-12-15-17-19-20-27-31-34-39-44-49-63(68)76-55-61(82-65(70)51-46-41-36-32-28-25-23-21-22-24-26-30-33-38-42-47-58(4)5)57-80-84(73,74)78-53-59(66)52-77-83(71,72)79-56-60(54-75-62(67)48-43-37-14-11-8-3)81-64(69)50-45-40-35-29-18-16-13-10-7-2/h58-61,66H,6-57H2,1-5H3,(H,71,72)(H,73,74)/t59-,60+,61+/m0/s1. The van der Waals surface area contributed by atoms with E-state index in [4.69, 9.17) is 37.0 Å². The number of aliphatic hydroxyl groups excluding tert-OH is 1. The summed E-state index contributed by atoms with van der Waals surface area (Å²) in [4.78, 5) is 72.0. The van der Waals surface area contributed by atoms with Gasteiger partial charge in [-0.15, -0.1) is 0 Å². The number of phosphoric acid groups is 2. The lowest BCUT2D eigenvalue weighted by atomic mass is 10.0. The lowest BCUT2D eigenvalue weighted by Crippen LogP contribution is -2.30. The number of aliphatic hydroxyl groups is 1. The Balaban J connectivity index is 5.14. The molecule has 17 nitrogen and oxygen atoms in total. The summed E-state index contributed by atoms with van der Waals surface area (Å²) in [5.74, 6) is -1.34. The molecule has 0 saturated carbocycles. The van der Waals surface area contributed by atoms with Crippen molar-refractivity contribution < 1.29 is 80.2 Å². The molecule has 3 N–H and O–H groups in total. The zero-order valence-corrected chi connectivity index (χ0v) is 55.8. The molecule has 0 spiro atoms. The van der Waals surface area contributed by atoms with Crippen LogP contribution < -0.4 is 0 Å². The van der Waals surface area contributed by atoms with E-state index in [1.165, 1.54) is 148 Å². The average Bonchev–Trinajstić information content (AvgIpc) is 3.61. The van der Waals surface area contributed by atoms with Crippen LogP contribution in [0.3, 0.4) is 0 Å². The normalized spacial score (nSPS) is 14.2. The van der Waals surface area contributed by atoms with Crippen LogP contribution >= 0.6 is 15.6 Å². The summed E-state index contributed by atoms with van der Waals surface area (Å²) in [6.45, 7) is 7.13. The second kappa shape index (κ2) is 58.7. The van der Waals surface area contributed by atoms with E-state index in [0.29, 0.717) is 25.7 Å². The minimum Gasteiger partial charge on any atom is -0.462 e. The molecule has 0 saturated heterocycles. The first-order valence-electron chi connectivity index (χ1n) is 34.1. The van der Waals surface area contributed by atoms with Crippen LogP contribution in [0.2, 0.25) is 0 Å². The van der Waals surface area contributed by atoms with Crippen LogP contribution in [0.4, 0.5) is 0 Å². The quantitative estimate of drug-likeness (QED) is 0.0222. The minimum absolute atomic E-state index is 0.105. The summed E-state index contributed by atoms with van der Waals surface area (Å²) in [7, 11) is -9.88. The second-order valence-corrected chi connectivity index (χ2v) is 26.9. The van der Waals surface area contributed by atoms with Crippen LogP contribution in [-0.2, 0) is 65.4 Å². The summed E-state index contributed by atoms with van der Waals surface area (Å²) in [6, 6.07) is 0. The monoisotopic (exact) mass is 1240 g/mol. The van der Waals surface area contributed by atoms with Gasteiger partial charge >= 0.3 is 39.5 Å². The zero-order valence-electron chi connectivity index (χ0n) is 54.0. The molecule has 5 atom stereocenters. The second-order valence-electron chi connectivity index (χ2n) is 24.0. The van der Waals surface area contributed by atoms with Gasteiger partial charge in [0, 0.05) is 25.7 Å². The third-order valence-corrected chi connectivity index (χ3v) is 16.9. The molecule has 0 aliphatic heterocycles. The molecule has 19 heteroatoms. The third kappa shape index (κ3) is 59.0. The van der Waals surface area contributed by atoms with Crippen molar-refractivity contribution >= 4 is 39.5 Å². The van der Waals surface area contributed by atoms with Gasteiger partial charge in [-0.05, 0) is 31.6 Å². The van der Waals surface area contributed by atoms with Gasteiger partial charge in [0.1, 0.15) is 19.3 Å². The van der Waals surface area contributed by atoms with Crippen molar-refractivity contribution in [2.45, 2.75) is 348 Å². The number of ether oxygens (including phenoxy) is 4. The van der Waals surface area contributed by atoms with Crippen molar-refractivity contribution in [1.29, 1.82) is 0 Å². The highest BCUT2D eigenvalue weighted by molar-refractivity contribution is 7.47. The van der Waals surface area contributed by atoms with E-state index >= 15 is 0 Å². The number of rotatable bonds is 65. The van der Waals surface area contributed by atoms with E-state index in [-0.39, 0.29) is 25.7 Å². The molecule has 84 heavy (non-hydrogen) atoms. The number of hydrogen-bond donors (Lipinski definition) is 3. The smallest absolute Gasteiger partial charge is 0.462 e. The van der Waals surface area contributed by atoms with Crippen LogP contribution in [0.1, 0.15) is 330 Å². The number of unbranched alkanes of at least 4 members (excludes halogenated alkanes) is 37. The van der Waals surface area contributed by atoms with Crippen molar-refractivity contribution in [3.8, 4) is 0 Å². The first-order valence-corrected chi connectivity index (χ1v) is 37.1. The lowest BCUT2D eigenvalue weighted by Gasteiger charge is -2.21. The molecular formula is C65H126O17P2. The molecule has 0 aliphatic carbocycles. The SMILES string of the molecule is CCCCCCCCCCCCCCC(=O)OC[C@H](COP(=O)(O)OC[C@@H](O)COP(=O)(O)OC[C@@H](COC(=O)CCCCCCC)OC(=O)CCCCCCCCCCC)OC(=O)CCCCCCCCCCCCCCCCCC(C)C. The number of carbonyl (C=O) groups is 4. The first-order chi connectivity index (χ1) is 40.5. The molecule has 0 aromatic rings. The van der Waals surface area contributed by atoms with Crippen molar-refractivity contribution in [1.82, 2.24) is 0 Å². The highest BCUT2D eigenvalue weighted by atomic mass is 31.2. The fourth-order valence-corrected chi connectivity index (χ4v) is 11.3. The molecule has 2 unspecified atom stereocenters.